The predicted octanol–water partition coefficient (Wildman–Crippen LogP) is 2.96. The lowest BCUT2D eigenvalue weighted by Gasteiger charge is -2.12. The maximum absolute atomic E-state index is 12.3. The first kappa shape index (κ1) is 18.8. The minimum absolute atomic E-state index is 0.274. The number of rotatable bonds is 6. The van der Waals surface area contributed by atoms with Gasteiger partial charge in [-0.15, -0.1) is 0 Å². The Bertz CT molecular complexity index is 764. The zero-order valence-corrected chi connectivity index (χ0v) is 14.7. The van der Waals surface area contributed by atoms with Gasteiger partial charge < -0.3 is 9.47 Å². The maximum atomic E-state index is 12.3. The summed E-state index contributed by atoms with van der Waals surface area (Å²) in [7, 11) is 1.55. The zero-order chi connectivity index (χ0) is 18.2. The molecule has 0 heterocycles. The Hall–Kier alpha value is -2.57. The SMILES string of the molecule is CCOCc1cc(C(=O)NNC(=O)c2ccccc2Cl)ccc1OC. The molecule has 0 radical (unpaired) electrons. The molecule has 0 saturated carbocycles. The fraction of sp³-hybridized carbons (Fsp3) is 0.222. The number of ether oxygens (including phenoxy) is 2. The molecule has 0 aromatic heterocycles. The number of methoxy groups -OCH3 is 1. The number of carbonyl (C=O) groups is 2. The van der Waals surface area contributed by atoms with Gasteiger partial charge in [0.05, 0.1) is 24.3 Å². The third kappa shape index (κ3) is 4.95. The molecule has 0 spiro atoms. The van der Waals surface area contributed by atoms with Crippen LogP contribution in [0, 0.1) is 0 Å². The van der Waals surface area contributed by atoms with Crippen LogP contribution in [-0.2, 0) is 11.3 Å². The summed E-state index contributed by atoms with van der Waals surface area (Å²) in [5, 5.41) is 0.303. The molecule has 2 aromatic rings. The van der Waals surface area contributed by atoms with Crippen molar-refractivity contribution in [2.75, 3.05) is 13.7 Å². The summed E-state index contributed by atoms with van der Waals surface area (Å²) in [6, 6.07) is 11.5. The minimum atomic E-state index is -0.498. The highest BCUT2D eigenvalue weighted by Crippen LogP contribution is 2.21. The van der Waals surface area contributed by atoms with E-state index < -0.39 is 11.8 Å². The molecule has 2 aromatic carbocycles. The second kappa shape index (κ2) is 9.05. The van der Waals surface area contributed by atoms with Gasteiger partial charge in [0, 0.05) is 17.7 Å². The van der Waals surface area contributed by atoms with Crippen molar-refractivity contribution in [2.24, 2.45) is 0 Å². The van der Waals surface area contributed by atoms with Crippen LogP contribution in [0.3, 0.4) is 0 Å². The summed E-state index contributed by atoms with van der Waals surface area (Å²) >= 11 is 5.95. The van der Waals surface area contributed by atoms with Crippen LogP contribution in [0.25, 0.3) is 0 Å². The average Bonchev–Trinajstić information content (AvgIpc) is 2.64. The molecule has 0 aliphatic carbocycles. The van der Waals surface area contributed by atoms with Crippen molar-refractivity contribution in [3.05, 3.63) is 64.2 Å². The Morgan fingerprint density at radius 2 is 1.80 bits per heavy atom. The van der Waals surface area contributed by atoms with Crippen molar-refractivity contribution in [1.29, 1.82) is 0 Å². The molecule has 0 unspecified atom stereocenters. The van der Waals surface area contributed by atoms with Crippen molar-refractivity contribution < 1.29 is 19.1 Å². The van der Waals surface area contributed by atoms with E-state index in [9.17, 15) is 9.59 Å². The molecule has 2 amide bonds. The number of hydrogen-bond donors (Lipinski definition) is 2. The molecule has 25 heavy (non-hydrogen) atoms. The van der Waals surface area contributed by atoms with E-state index in [-0.39, 0.29) is 5.56 Å². The Kier molecular flexibility index (Phi) is 6.80. The Labute approximate surface area is 151 Å². The second-order valence-corrected chi connectivity index (χ2v) is 5.46. The fourth-order valence-electron chi connectivity index (χ4n) is 2.14. The first-order valence-electron chi connectivity index (χ1n) is 7.66. The van der Waals surface area contributed by atoms with Crippen LogP contribution in [0.4, 0.5) is 0 Å². The summed E-state index contributed by atoms with van der Waals surface area (Å²) in [6.45, 7) is 2.76. The number of hydrazine groups is 1. The van der Waals surface area contributed by atoms with Crippen molar-refractivity contribution in [2.45, 2.75) is 13.5 Å². The molecule has 0 aliphatic rings. The van der Waals surface area contributed by atoms with Crippen LogP contribution in [0.5, 0.6) is 5.75 Å². The van der Waals surface area contributed by atoms with Gasteiger partial charge >= 0.3 is 0 Å². The molecule has 132 valence electrons. The number of benzene rings is 2. The molecular formula is C18H19ClN2O4. The molecule has 0 saturated heterocycles. The zero-order valence-electron chi connectivity index (χ0n) is 14.0. The third-order valence-electron chi connectivity index (χ3n) is 3.41. The lowest BCUT2D eigenvalue weighted by Crippen LogP contribution is -2.41. The number of halogens is 1. The van der Waals surface area contributed by atoms with Crippen LogP contribution in [0.2, 0.25) is 5.02 Å². The highest BCUT2D eigenvalue weighted by atomic mass is 35.5. The molecule has 0 fully saturated rings. The number of hydrogen-bond acceptors (Lipinski definition) is 4. The highest BCUT2D eigenvalue weighted by Gasteiger charge is 2.13. The van der Waals surface area contributed by atoms with Gasteiger partial charge in [-0.1, -0.05) is 23.7 Å². The quantitative estimate of drug-likeness (QED) is 0.774. The fourth-order valence-corrected chi connectivity index (χ4v) is 2.36. The van der Waals surface area contributed by atoms with E-state index >= 15 is 0 Å². The van der Waals surface area contributed by atoms with E-state index in [0.717, 1.165) is 5.56 Å². The lowest BCUT2D eigenvalue weighted by atomic mass is 10.1. The normalized spacial score (nSPS) is 10.2. The van der Waals surface area contributed by atoms with Gasteiger partial charge in [-0.25, -0.2) is 0 Å². The van der Waals surface area contributed by atoms with Gasteiger partial charge in [-0.3, -0.25) is 20.4 Å². The third-order valence-corrected chi connectivity index (χ3v) is 3.74. The van der Waals surface area contributed by atoms with Crippen LogP contribution in [-0.4, -0.2) is 25.5 Å². The van der Waals surface area contributed by atoms with E-state index in [1.165, 1.54) is 0 Å². The smallest absolute Gasteiger partial charge is 0.271 e. The van der Waals surface area contributed by atoms with Crippen molar-refractivity contribution in [1.82, 2.24) is 10.9 Å². The van der Waals surface area contributed by atoms with Crippen molar-refractivity contribution >= 4 is 23.4 Å². The summed E-state index contributed by atoms with van der Waals surface area (Å²) in [6.07, 6.45) is 0. The summed E-state index contributed by atoms with van der Waals surface area (Å²) < 4.78 is 10.6. The van der Waals surface area contributed by atoms with Gasteiger partial charge in [-0.05, 0) is 37.3 Å². The van der Waals surface area contributed by atoms with Gasteiger partial charge in [0.15, 0.2) is 0 Å². The lowest BCUT2D eigenvalue weighted by molar-refractivity contribution is 0.0846. The van der Waals surface area contributed by atoms with Crippen molar-refractivity contribution in [3.8, 4) is 5.75 Å². The molecular weight excluding hydrogens is 344 g/mol. The van der Waals surface area contributed by atoms with Gasteiger partial charge in [-0.2, -0.15) is 0 Å². The van der Waals surface area contributed by atoms with E-state index in [4.69, 9.17) is 21.1 Å². The van der Waals surface area contributed by atoms with Gasteiger partial charge in [0.25, 0.3) is 11.8 Å². The van der Waals surface area contributed by atoms with Crippen LogP contribution in [0.15, 0.2) is 42.5 Å². The molecule has 6 nitrogen and oxygen atoms in total. The predicted molar refractivity (Wildman–Crippen MR) is 94.7 cm³/mol. The maximum Gasteiger partial charge on any atom is 0.271 e. The Morgan fingerprint density at radius 1 is 1.08 bits per heavy atom. The number of carbonyl (C=O) groups excluding carboxylic acids is 2. The monoisotopic (exact) mass is 362 g/mol. The van der Waals surface area contributed by atoms with Crippen LogP contribution >= 0.6 is 11.6 Å². The summed E-state index contributed by atoms with van der Waals surface area (Å²) in [5.74, 6) is -0.326. The number of amides is 2. The van der Waals surface area contributed by atoms with E-state index in [0.29, 0.717) is 29.5 Å². The van der Waals surface area contributed by atoms with Crippen LogP contribution < -0.4 is 15.6 Å². The topological polar surface area (TPSA) is 76.7 Å². The highest BCUT2D eigenvalue weighted by molar-refractivity contribution is 6.33. The largest absolute Gasteiger partial charge is 0.496 e. The molecule has 2 N–H and O–H groups in total. The molecule has 0 bridgehead atoms. The molecule has 2 rings (SSSR count). The van der Waals surface area contributed by atoms with E-state index in [1.54, 1.807) is 49.6 Å². The average molecular weight is 363 g/mol. The van der Waals surface area contributed by atoms with Gasteiger partial charge in [0.1, 0.15) is 5.75 Å². The Balaban J connectivity index is 2.05. The first-order valence-corrected chi connectivity index (χ1v) is 8.04. The summed E-state index contributed by atoms with van der Waals surface area (Å²) in [5.41, 5.74) is 6.10. The molecule has 0 atom stereocenters. The molecule has 0 aliphatic heterocycles. The van der Waals surface area contributed by atoms with Crippen LogP contribution in [0.1, 0.15) is 33.2 Å². The molecule has 7 heteroatoms. The second-order valence-electron chi connectivity index (χ2n) is 5.05. The first-order chi connectivity index (χ1) is 12.1. The van der Waals surface area contributed by atoms with Gasteiger partial charge in [0.2, 0.25) is 0 Å². The van der Waals surface area contributed by atoms with E-state index in [2.05, 4.69) is 10.9 Å². The number of nitrogens with one attached hydrogen (secondary N) is 2. The summed E-state index contributed by atoms with van der Waals surface area (Å²) in [4.78, 5) is 24.3. The van der Waals surface area contributed by atoms with E-state index in [1.807, 2.05) is 6.92 Å². The standard InChI is InChI=1S/C18H19ClN2O4/c1-3-25-11-13-10-12(8-9-16(13)24-2)17(22)20-21-18(23)14-6-4-5-7-15(14)19/h4-10H,3,11H2,1-2H3,(H,20,22)(H,21,23). The Morgan fingerprint density at radius 3 is 2.48 bits per heavy atom. The van der Waals surface area contributed by atoms with Crippen molar-refractivity contribution in [3.63, 3.8) is 0 Å². The minimum Gasteiger partial charge on any atom is -0.496 e.